The molecule has 0 atom stereocenters. The molecule has 0 aliphatic carbocycles. The molecule has 4 aromatic heterocycles. The molecule has 0 N–H and O–H groups in total. The molecule has 0 saturated carbocycles. The standard InChI is InChI=1S/C20H32BrIN4OSi.C12H16BrClIN3OSi/c1-6-20(2)7-9-25(10-8-20)19-17(21)23-16-15(22)13-26(18(16)24-19)14-27-11-12-28(3,4)5;1-20(2,3)5-4-19-7-18-6-8(15)9-12(18)17-11(14)10(13)16-9/h13H,6-12,14H2,1-5H3;6H,4-5,7H2,1-3H3. The first-order valence-corrected chi connectivity index (χ1v) is 27.9. The Bertz CT molecular complexity index is 1700. The van der Waals surface area contributed by atoms with E-state index < -0.39 is 16.1 Å². The minimum atomic E-state index is -1.07. The maximum Gasteiger partial charge on any atom is 0.164 e. The van der Waals surface area contributed by atoms with E-state index in [1.54, 1.807) is 0 Å². The second-order valence-electron chi connectivity index (χ2n) is 15.2. The second-order valence-corrected chi connectivity index (χ2v) is 30.7. The van der Waals surface area contributed by atoms with Gasteiger partial charge in [0.2, 0.25) is 0 Å². The minimum absolute atomic E-state index is 0.371. The van der Waals surface area contributed by atoms with Gasteiger partial charge in [0.1, 0.15) is 33.7 Å². The molecule has 4 aromatic rings. The molecule has 1 aliphatic rings. The van der Waals surface area contributed by atoms with Crippen molar-refractivity contribution in [2.45, 2.75) is 97.9 Å². The molecule has 0 radical (unpaired) electrons. The Morgan fingerprint density at radius 3 is 1.71 bits per heavy atom. The van der Waals surface area contributed by atoms with E-state index in [0.717, 1.165) is 72.2 Å². The van der Waals surface area contributed by atoms with Crippen LogP contribution in [0.2, 0.25) is 56.5 Å². The number of hydrogen-bond acceptors (Lipinski definition) is 7. The normalized spacial score (nSPS) is 15.3. The highest BCUT2D eigenvalue weighted by molar-refractivity contribution is 14.1. The molecule has 0 amide bonds. The van der Waals surface area contributed by atoms with E-state index in [0.29, 0.717) is 28.6 Å². The van der Waals surface area contributed by atoms with Gasteiger partial charge in [-0.3, -0.25) is 0 Å². The van der Waals surface area contributed by atoms with Gasteiger partial charge in [-0.15, -0.1) is 0 Å². The number of anilines is 1. The van der Waals surface area contributed by atoms with Crippen molar-refractivity contribution in [1.29, 1.82) is 0 Å². The van der Waals surface area contributed by atoms with Crippen molar-refractivity contribution in [3.8, 4) is 0 Å². The lowest BCUT2D eigenvalue weighted by atomic mass is 9.78. The smallest absolute Gasteiger partial charge is 0.164 e. The summed E-state index contributed by atoms with van der Waals surface area (Å²) in [5.74, 6) is 0.962. The number of hydrogen-bond donors (Lipinski definition) is 0. The van der Waals surface area contributed by atoms with Crippen molar-refractivity contribution in [2.75, 3.05) is 31.2 Å². The molecule has 1 fully saturated rings. The van der Waals surface area contributed by atoms with Gasteiger partial charge >= 0.3 is 0 Å². The summed E-state index contributed by atoms with van der Waals surface area (Å²) in [4.78, 5) is 21.0. The predicted octanol–water partition coefficient (Wildman–Crippen LogP) is 10.9. The van der Waals surface area contributed by atoms with E-state index in [2.05, 4.69) is 156 Å². The highest BCUT2D eigenvalue weighted by Crippen LogP contribution is 2.37. The second kappa shape index (κ2) is 17.3. The summed E-state index contributed by atoms with van der Waals surface area (Å²) in [6.07, 6.45) is 7.73. The van der Waals surface area contributed by atoms with Crippen molar-refractivity contribution < 1.29 is 9.47 Å². The zero-order valence-electron chi connectivity index (χ0n) is 29.3. The van der Waals surface area contributed by atoms with Gasteiger partial charge < -0.3 is 23.5 Å². The number of piperidine rings is 1. The lowest BCUT2D eigenvalue weighted by Gasteiger charge is -2.39. The molecule has 0 spiro atoms. The topological polar surface area (TPSA) is 83.1 Å². The van der Waals surface area contributed by atoms with Crippen molar-refractivity contribution in [2.24, 2.45) is 5.41 Å². The van der Waals surface area contributed by atoms with Gasteiger partial charge in [-0.2, -0.15) is 0 Å². The molecular formula is C32H48Br2ClI2N7O2Si2. The third-order valence-corrected chi connectivity index (χ3v) is 15.3. The molecule has 0 aromatic carbocycles. The van der Waals surface area contributed by atoms with Gasteiger partial charge in [-0.05, 0) is 107 Å². The van der Waals surface area contributed by atoms with Crippen molar-refractivity contribution in [3.63, 3.8) is 0 Å². The SMILES string of the molecule is CCC1(C)CCN(c2nc3c(nc2Br)c(I)cn3COCC[Si](C)(C)C)CC1.C[Si](C)(C)CCOCn1cc(I)c2nc(Br)c(Cl)nc21. The molecule has 5 rings (SSSR count). The van der Waals surface area contributed by atoms with E-state index in [-0.39, 0.29) is 0 Å². The third-order valence-electron chi connectivity index (χ3n) is 8.73. The van der Waals surface area contributed by atoms with Crippen LogP contribution in [0.4, 0.5) is 5.82 Å². The summed E-state index contributed by atoms with van der Waals surface area (Å²) in [5.41, 5.74) is 3.92. The van der Waals surface area contributed by atoms with Crippen LogP contribution in [0, 0.1) is 12.6 Å². The number of aromatic nitrogens is 6. The van der Waals surface area contributed by atoms with Gasteiger partial charge in [0.15, 0.2) is 22.3 Å². The summed E-state index contributed by atoms with van der Waals surface area (Å²) in [7, 11) is -2.13. The fraction of sp³-hybridized carbons (Fsp3) is 0.625. The number of rotatable bonds is 12. The zero-order chi connectivity index (χ0) is 35.4. The number of nitrogens with zero attached hydrogens (tertiary/aromatic N) is 7. The fourth-order valence-corrected chi connectivity index (χ4v) is 8.93. The van der Waals surface area contributed by atoms with Crippen LogP contribution in [0.15, 0.2) is 21.6 Å². The van der Waals surface area contributed by atoms with Crippen LogP contribution in [0.25, 0.3) is 22.3 Å². The molecule has 9 nitrogen and oxygen atoms in total. The van der Waals surface area contributed by atoms with Gasteiger partial charge in [0.25, 0.3) is 0 Å². The van der Waals surface area contributed by atoms with E-state index in [1.165, 1.54) is 25.3 Å². The van der Waals surface area contributed by atoms with E-state index in [1.807, 2.05) is 10.8 Å². The van der Waals surface area contributed by atoms with Crippen LogP contribution < -0.4 is 4.90 Å². The Balaban J connectivity index is 0.000000229. The Labute approximate surface area is 336 Å². The summed E-state index contributed by atoms with van der Waals surface area (Å²) in [6.45, 7) is 23.5. The molecular weight excluding hydrogens is 1020 g/mol. The van der Waals surface area contributed by atoms with Gasteiger partial charge in [0, 0.05) is 54.8 Å². The molecule has 1 saturated heterocycles. The summed E-state index contributed by atoms with van der Waals surface area (Å²) in [6, 6.07) is 2.33. The minimum Gasteiger partial charge on any atom is -0.361 e. The zero-order valence-corrected chi connectivity index (χ0v) is 39.5. The first kappa shape index (κ1) is 40.9. The van der Waals surface area contributed by atoms with Crippen LogP contribution in [0.1, 0.15) is 33.1 Å². The van der Waals surface area contributed by atoms with Crippen molar-refractivity contribution in [1.82, 2.24) is 29.1 Å². The fourth-order valence-electron chi connectivity index (χ4n) is 5.12. The summed E-state index contributed by atoms with van der Waals surface area (Å²) >= 11 is 17.6. The molecule has 266 valence electrons. The summed E-state index contributed by atoms with van der Waals surface area (Å²) in [5, 5.41) is 0.371. The molecule has 48 heavy (non-hydrogen) atoms. The lowest BCUT2D eigenvalue weighted by molar-refractivity contribution is 0.0897. The molecule has 5 heterocycles. The Morgan fingerprint density at radius 1 is 0.792 bits per heavy atom. The molecule has 0 unspecified atom stereocenters. The predicted molar refractivity (Wildman–Crippen MR) is 229 cm³/mol. The van der Waals surface area contributed by atoms with E-state index in [9.17, 15) is 0 Å². The largest absolute Gasteiger partial charge is 0.361 e. The number of ether oxygens (including phenoxy) is 2. The first-order chi connectivity index (χ1) is 22.4. The Kier molecular flexibility index (Phi) is 14.7. The van der Waals surface area contributed by atoms with E-state index in [4.69, 9.17) is 31.0 Å². The van der Waals surface area contributed by atoms with Crippen LogP contribution in [-0.4, -0.2) is 71.5 Å². The average molecular weight is 1070 g/mol. The molecule has 0 bridgehead atoms. The summed E-state index contributed by atoms with van der Waals surface area (Å²) < 4.78 is 19.3. The monoisotopic (exact) mass is 1060 g/mol. The van der Waals surface area contributed by atoms with E-state index >= 15 is 0 Å². The van der Waals surface area contributed by atoms with Crippen LogP contribution in [-0.2, 0) is 22.9 Å². The van der Waals surface area contributed by atoms with Crippen LogP contribution in [0.3, 0.4) is 0 Å². The van der Waals surface area contributed by atoms with Gasteiger partial charge in [0.05, 0.1) is 7.14 Å². The maximum atomic E-state index is 6.02. The van der Waals surface area contributed by atoms with Crippen LogP contribution in [0.5, 0.6) is 0 Å². The molecule has 16 heteroatoms. The van der Waals surface area contributed by atoms with Gasteiger partial charge in [-0.25, -0.2) is 19.9 Å². The van der Waals surface area contributed by atoms with Crippen molar-refractivity contribution in [3.05, 3.63) is 33.9 Å². The average Bonchev–Trinajstić information content (AvgIpc) is 3.47. The highest BCUT2D eigenvalue weighted by atomic mass is 127. The number of halogens is 5. The quantitative estimate of drug-likeness (QED) is 0.0794. The Hall–Kier alpha value is 0.104. The lowest BCUT2D eigenvalue weighted by Crippen LogP contribution is -2.39. The van der Waals surface area contributed by atoms with Crippen molar-refractivity contribution >= 4 is 133 Å². The maximum absolute atomic E-state index is 6.02. The molecule has 1 aliphatic heterocycles. The number of fused-ring (bicyclic) bond motifs is 2. The van der Waals surface area contributed by atoms with Gasteiger partial charge in [-0.1, -0.05) is 71.2 Å². The first-order valence-electron chi connectivity index (χ1n) is 16.4. The Morgan fingerprint density at radius 2 is 1.25 bits per heavy atom. The highest BCUT2D eigenvalue weighted by Gasteiger charge is 2.30. The van der Waals surface area contributed by atoms with Crippen LogP contribution >= 0.6 is 88.6 Å². The third kappa shape index (κ3) is 11.3.